The molecule has 19 heavy (non-hydrogen) atoms. The van der Waals surface area contributed by atoms with Crippen LogP contribution in [0.3, 0.4) is 0 Å². The molecule has 0 unspecified atom stereocenters. The first-order valence-electron chi connectivity index (χ1n) is 6.03. The van der Waals surface area contributed by atoms with Crippen LogP contribution in [-0.4, -0.2) is 32.7 Å². The molecule has 0 aliphatic rings. The van der Waals surface area contributed by atoms with E-state index >= 15 is 0 Å². The van der Waals surface area contributed by atoms with Gasteiger partial charge >= 0.3 is 0 Å². The lowest BCUT2D eigenvalue weighted by Gasteiger charge is -2.10. The summed E-state index contributed by atoms with van der Waals surface area (Å²) in [6.07, 6.45) is 0. The van der Waals surface area contributed by atoms with Crippen molar-refractivity contribution >= 4 is 26.7 Å². The Morgan fingerprint density at radius 1 is 1.26 bits per heavy atom. The molecule has 0 aliphatic carbocycles. The average Bonchev–Trinajstić information content (AvgIpc) is 2.39. The lowest BCUT2D eigenvalue weighted by atomic mass is 10.1. The molecule has 102 valence electrons. The summed E-state index contributed by atoms with van der Waals surface area (Å²) in [4.78, 5) is 4.49. The summed E-state index contributed by atoms with van der Waals surface area (Å²) < 4.78 is 24.9. The Morgan fingerprint density at radius 3 is 2.74 bits per heavy atom. The summed E-state index contributed by atoms with van der Waals surface area (Å²) in [6, 6.07) is 9.88. The summed E-state index contributed by atoms with van der Waals surface area (Å²) in [7, 11) is -1.77. The van der Waals surface area contributed by atoms with Crippen LogP contribution in [0.25, 0.3) is 10.9 Å². The number of para-hydroxylation sites is 1. The minimum atomic E-state index is -3.19. The quantitative estimate of drug-likeness (QED) is 0.870. The van der Waals surface area contributed by atoms with E-state index in [0.29, 0.717) is 6.54 Å². The molecule has 1 heterocycles. The highest BCUT2D eigenvalue weighted by Gasteiger charge is 2.07. The molecule has 0 aliphatic heterocycles. The minimum Gasteiger partial charge on any atom is -0.369 e. The first kappa shape index (κ1) is 13.8. The molecular formula is C13H17N3O2S. The molecule has 6 heteroatoms. The molecular weight excluding hydrogens is 262 g/mol. The predicted molar refractivity (Wildman–Crippen MR) is 77.8 cm³/mol. The number of fused-ring (bicyclic) bond motifs is 1. The van der Waals surface area contributed by atoms with E-state index in [-0.39, 0.29) is 5.75 Å². The fraction of sp³-hybridized carbons (Fsp3) is 0.308. The third-order valence-electron chi connectivity index (χ3n) is 2.89. The van der Waals surface area contributed by atoms with Crippen molar-refractivity contribution in [2.45, 2.75) is 6.92 Å². The van der Waals surface area contributed by atoms with Gasteiger partial charge in [0.2, 0.25) is 10.0 Å². The second kappa shape index (κ2) is 5.54. The summed E-state index contributed by atoms with van der Waals surface area (Å²) in [5.41, 5.74) is 1.90. The Balaban J connectivity index is 2.15. The zero-order chi connectivity index (χ0) is 13.9. The number of hydrogen-bond acceptors (Lipinski definition) is 4. The van der Waals surface area contributed by atoms with Crippen molar-refractivity contribution in [3.05, 3.63) is 35.9 Å². The molecule has 0 bridgehead atoms. The topological polar surface area (TPSA) is 71.1 Å². The van der Waals surface area contributed by atoms with E-state index in [4.69, 9.17) is 0 Å². The fourth-order valence-corrected chi connectivity index (χ4v) is 2.38. The predicted octanol–water partition coefficient (Wildman–Crippen LogP) is 1.50. The van der Waals surface area contributed by atoms with E-state index in [0.717, 1.165) is 22.3 Å². The second-order valence-corrected chi connectivity index (χ2v) is 6.34. The number of rotatable bonds is 5. The van der Waals surface area contributed by atoms with Gasteiger partial charge in [0.15, 0.2) is 0 Å². The molecule has 0 fully saturated rings. The largest absolute Gasteiger partial charge is 0.369 e. The Hall–Kier alpha value is -1.66. The Labute approximate surface area is 113 Å². The monoisotopic (exact) mass is 279 g/mol. The van der Waals surface area contributed by atoms with E-state index in [9.17, 15) is 8.42 Å². The van der Waals surface area contributed by atoms with E-state index in [1.807, 2.05) is 37.3 Å². The normalized spacial score (nSPS) is 11.7. The standard InChI is InChI=1S/C13H17N3O2S/c1-10-9-11-5-3-4-6-12(11)16-13(10)15-7-8-19(17,18)14-2/h3-6,9,14H,7-8H2,1-2H3,(H,15,16). The van der Waals surface area contributed by atoms with Gasteiger partial charge in [-0.3, -0.25) is 0 Å². The maximum absolute atomic E-state index is 11.3. The van der Waals surface area contributed by atoms with Crippen LogP contribution in [0.2, 0.25) is 0 Å². The van der Waals surface area contributed by atoms with Crippen LogP contribution in [0.4, 0.5) is 5.82 Å². The second-order valence-electron chi connectivity index (χ2n) is 4.30. The Bertz CT molecular complexity index is 683. The van der Waals surface area contributed by atoms with Gasteiger partial charge in [0.25, 0.3) is 0 Å². The van der Waals surface area contributed by atoms with Crippen molar-refractivity contribution in [2.24, 2.45) is 0 Å². The van der Waals surface area contributed by atoms with E-state index < -0.39 is 10.0 Å². The smallest absolute Gasteiger partial charge is 0.213 e. The Morgan fingerprint density at radius 2 is 2.00 bits per heavy atom. The van der Waals surface area contributed by atoms with Crippen molar-refractivity contribution in [3.63, 3.8) is 0 Å². The van der Waals surface area contributed by atoms with Crippen LogP contribution >= 0.6 is 0 Å². The molecule has 0 atom stereocenters. The molecule has 0 spiro atoms. The highest BCUT2D eigenvalue weighted by molar-refractivity contribution is 7.89. The average molecular weight is 279 g/mol. The summed E-state index contributed by atoms with van der Waals surface area (Å²) in [6.45, 7) is 2.28. The van der Waals surface area contributed by atoms with Crippen molar-refractivity contribution in [3.8, 4) is 0 Å². The molecule has 1 aromatic carbocycles. The van der Waals surface area contributed by atoms with Gasteiger partial charge in [-0.25, -0.2) is 18.1 Å². The highest BCUT2D eigenvalue weighted by atomic mass is 32.2. The van der Waals surface area contributed by atoms with E-state index in [2.05, 4.69) is 15.0 Å². The molecule has 2 N–H and O–H groups in total. The fourth-order valence-electron chi connectivity index (χ4n) is 1.81. The highest BCUT2D eigenvalue weighted by Crippen LogP contribution is 2.19. The van der Waals surface area contributed by atoms with Crippen molar-refractivity contribution in [2.75, 3.05) is 24.7 Å². The molecule has 5 nitrogen and oxygen atoms in total. The first-order valence-corrected chi connectivity index (χ1v) is 7.68. The van der Waals surface area contributed by atoms with Gasteiger partial charge in [-0.05, 0) is 31.7 Å². The zero-order valence-electron chi connectivity index (χ0n) is 11.0. The number of anilines is 1. The Kier molecular flexibility index (Phi) is 4.01. The molecule has 0 saturated carbocycles. The molecule has 1 aromatic heterocycles. The number of sulfonamides is 1. The van der Waals surface area contributed by atoms with Gasteiger partial charge in [0.05, 0.1) is 11.3 Å². The van der Waals surface area contributed by atoms with Crippen molar-refractivity contribution < 1.29 is 8.42 Å². The number of hydrogen-bond donors (Lipinski definition) is 2. The summed E-state index contributed by atoms with van der Waals surface area (Å²) in [5.74, 6) is 0.752. The number of nitrogens with one attached hydrogen (secondary N) is 2. The van der Waals surface area contributed by atoms with Gasteiger partial charge in [-0.1, -0.05) is 18.2 Å². The minimum absolute atomic E-state index is 0.0252. The van der Waals surface area contributed by atoms with Gasteiger partial charge in [0, 0.05) is 11.9 Å². The molecule has 2 rings (SSSR count). The van der Waals surface area contributed by atoms with E-state index in [1.54, 1.807) is 0 Å². The number of benzene rings is 1. The van der Waals surface area contributed by atoms with Crippen LogP contribution in [0.1, 0.15) is 5.56 Å². The maximum atomic E-state index is 11.3. The molecule has 0 radical (unpaired) electrons. The molecule has 0 saturated heterocycles. The third kappa shape index (κ3) is 3.42. The number of nitrogens with zero attached hydrogens (tertiary/aromatic N) is 1. The maximum Gasteiger partial charge on any atom is 0.213 e. The number of aryl methyl sites for hydroxylation is 1. The lowest BCUT2D eigenvalue weighted by molar-refractivity contribution is 0.588. The summed E-state index contributed by atoms with van der Waals surface area (Å²) >= 11 is 0. The number of pyridine rings is 1. The van der Waals surface area contributed by atoms with Crippen LogP contribution in [0, 0.1) is 6.92 Å². The lowest BCUT2D eigenvalue weighted by Crippen LogP contribution is -2.26. The summed E-state index contributed by atoms with van der Waals surface area (Å²) in [5, 5.41) is 4.14. The van der Waals surface area contributed by atoms with Crippen molar-refractivity contribution in [1.29, 1.82) is 0 Å². The van der Waals surface area contributed by atoms with Gasteiger partial charge < -0.3 is 5.32 Å². The van der Waals surface area contributed by atoms with Gasteiger partial charge in [-0.2, -0.15) is 0 Å². The van der Waals surface area contributed by atoms with Crippen LogP contribution in [-0.2, 0) is 10.0 Å². The van der Waals surface area contributed by atoms with Gasteiger partial charge in [0.1, 0.15) is 5.82 Å². The van der Waals surface area contributed by atoms with E-state index in [1.165, 1.54) is 7.05 Å². The first-order chi connectivity index (χ1) is 9.02. The third-order valence-corrected chi connectivity index (χ3v) is 4.25. The zero-order valence-corrected chi connectivity index (χ0v) is 11.8. The van der Waals surface area contributed by atoms with Crippen molar-refractivity contribution in [1.82, 2.24) is 9.71 Å². The number of aromatic nitrogens is 1. The molecule has 2 aromatic rings. The van der Waals surface area contributed by atoms with Crippen LogP contribution < -0.4 is 10.0 Å². The van der Waals surface area contributed by atoms with Gasteiger partial charge in [-0.15, -0.1) is 0 Å². The van der Waals surface area contributed by atoms with Crippen LogP contribution in [0.5, 0.6) is 0 Å². The van der Waals surface area contributed by atoms with Crippen LogP contribution in [0.15, 0.2) is 30.3 Å². The molecule has 0 amide bonds. The SMILES string of the molecule is CNS(=O)(=O)CCNc1nc2ccccc2cc1C.